The van der Waals surface area contributed by atoms with Crippen molar-refractivity contribution in [2.24, 2.45) is 0 Å². The second kappa shape index (κ2) is 10.8. The fourth-order valence-corrected chi connectivity index (χ4v) is 4.31. The first kappa shape index (κ1) is 22.6. The molecule has 0 amide bonds. The Morgan fingerprint density at radius 3 is 2.41 bits per heavy atom. The summed E-state index contributed by atoms with van der Waals surface area (Å²) in [7, 11) is 0. The van der Waals surface area contributed by atoms with Crippen LogP contribution >= 0.6 is 0 Å². The average Bonchev–Trinajstić information content (AvgIpc) is 3.29. The van der Waals surface area contributed by atoms with Gasteiger partial charge in [-0.15, -0.1) is 0 Å². The molecule has 2 unspecified atom stereocenters. The van der Waals surface area contributed by atoms with Crippen molar-refractivity contribution in [2.75, 3.05) is 20.0 Å². The quantitative estimate of drug-likeness (QED) is 0.396. The maximum Gasteiger partial charge on any atom is 0.231 e. The minimum atomic E-state index is -0.245. The number of hydrogen-bond donors (Lipinski definition) is 1. The number of rotatable bonds is 11. The molecular weight excluding hydrogens is 402 g/mol. The molecule has 32 heavy (non-hydrogen) atoms. The first-order valence-corrected chi connectivity index (χ1v) is 11.5. The summed E-state index contributed by atoms with van der Waals surface area (Å²) in [5, 5.41) is 6.26. The van der Waals surface area contributed by atoms with E-state index >= 15 is 0 Å². The summed E-state index contributed by atoms with van der Waals surface area (Å²) in [5.74, 6) is 1.79. The molecule has 0 saturated carbocycles. The molecule has 0 fully saturated rings. The molecule has 1 aliphatic heterocycles. The molecule has 1 aliphatic rings. The Hall–Kier alpha value is -2.60. The summed E-state index contributed by atoms with van der Waals surface area (Å²) in [5.41, 5.74) is 2.46. The van der Waals surface area contributed by atoms with E-state index in [1.807, 2.05) is 19.9 Å². The number of benzene rings is 3. The smallest absolute Gasteiger partial charge is 0.231 e. The van der Waals surface area contributed by atoms with Crippen molar-refractivity contribution >= 4 is 10.8 Å². The van der Waals surface area contributed by atoms with E-state index in [0.29, 0.717) is 13.2 Å². The van der Waals surface area contributed by atoms with Gasteiger partial charge >= 0.3 is 0 Å². The summed E-state index contributed by atoms with van der Waals surface area (Å²) in [4.78, 5) is 0. The van der Waals surface area contributed by atoms with Gasteiger partial charge in [0.1, 0.15) is 0 Å². The van der Waals surface area contributed by atoms with Gasteiger partial charge in [-0.25, -0.2) is 0 Å². The third-order valence-corrected chi connectivity index (χ3v) is 6.02. The summed E-state index contributed by atoms with van der Waals surface area (Å²) in [6.45, 7) is 8.55. The second-order valence-corrected chi connectivity index (χ2v) is 8.15. The van der Waals surface area contributed by atoms with Crippen molar-refractivity contribution in [1.82, 2.24) is 5.32 Å². The van der Waals surface area contributed by atoms with E-state index < -0.39 is 0 Å². The highest BCUT2D eigenvalue weighted by atomic mass is 16.7. The van der Waals surface area contributed by atoms with Gasteiger partial charge in [-0.2, -0.15) is 0 Å². The van der Waals surface area contributed by atoms with Crippen molar-refractivity contribution < 1.29 is 18.9 Å². The molecule has 3 aromatic rings. The zero-order chi connectivity index (χ0) is 22.3. The molecule has 2 atom stereocenters. The van der Waals surface area contributed by atoms with E-state index in [4.69, 9.17) is 18.9 Å². The molecule has 4 rings (SSSR count). The van der Waals surface area contributed by atoms with E-state index in [1.54, 1.807) is 0 Å². The van der Waals surface area contributed by atoms with Crippen LogP contribution in [-0.2, 0) is 16.0 Å². The predicted molar refractivity (Wildman–Crippen MR) is 127 cm³/mol. The lowest BCUT2D eigenvalue weighted by atomic mass is 9.88. The SMILES string of the molecule is CCOC(CC(c1ccc2c(c1)OCO2)C(C)NCc1ccc2ccccc2c1)OCC. The summed E-state index contributed by atoms with van der Waals surface area (Å²) >= 11 is 0. The molecule has 0 spiro atoms. The zero-order valence-electron chi connectivity index (χ0n) is 19.2. The lowest BCUT2D eigenvalue weighted by molar-refractivity contribution is -0.143. The van der Waals surface area contributed by atoms with E-state index in [1.165, 1.54) is 21.9 Å². The van der Waals surface area contributed by atoms with E-state index in [2.05, 4.69) is 66.8 Å². The fourth-order valence-electron chi connectivity index (χ4n) is 4.31. The highest BCUT2D eigenvalue weighted by molar-refractivity contribution is 5.82. The van der Waals surface area contributed by atoms with Crippen molar-refractivity contribution in [2.45, 2.75) is 52.0 Å². The van der Waals surface area contributed by atoms with Crippen LogP contribution in [0.15, 0.2) is 60.7 Å². The molecule has 0 radical (unpaired) electrons. The zero-order valence-corrected chi connectivity index (χ0v) is 19.2. The van der Waals surface area contributed by atoms with Crippen molar-refractivity contribution in [3.8, 4) is 11.5 Å². The molecule has 1 N–H and O–H groups in total. The van der Waals surface area contributed by atoms with Crippen LogP contribution in [0.5, 0.6) is 11.5 Å². The molecular formula is C27H33NO4. The van der Waals surface area contributed by atoms with Gasteiger partial charge in [0.25, 0.3) is 0 Å². The Bertz CT molecular complexity index is 1020. The number of hydrogen-bond acceptors (Lipinski definition) is 5. The van der Waals surface area contributed by atoms with E-state index in [-0.39, 0.29) is 25.0 Å². The van der Waals surface area contributed by atoms with Gasteiger partial charge in [-0.3, -0.25) is 0 Å². The average molecular weight is 436 g/mol. The maximum atomic E-state index is 5.88. The third-order valence-electron chi connectivity index (χ3n) is 6.02. The topological polar surface area (TPSA) is 49.0 Å². The first-order valence-electron chi connectivity index (χ1n) is 11.5. The standard InChI is InChI=1S/C27H33NO4/c1-4-29-27(30-5-2)16-24(23-12-13-25-26(15-23)32-18-31-25)19(3)28-17-20-10-11-21-8-6-7-9-22(21)14-20/h6-15,19,24,27-28H,4-5,16-18H2,1-3H3. The lowest BCUT2D eigenvalue weighted by Gasteiger charge is -2.29. The summed E-state index contributed by atoms with van der Waals surface area (Å²) in [6.07, 6.45) is 0.512. The Labute approximate surface area is 190 Å². The molecule has 5 heteroatoms. The van der Waals surface area contributed by atoms with Crippen LogP contribution in [-0.4, -0.2) is 32.3 Å². The van der Waals surface area contributed by atoms with Gasteiger partial charge in [0.15, 0.2) is 17.8 Å². The highest BCUT2D eigenvalue weighted by Gasteiger charge is 2.26. The van der Waals surface area contributed by atoms with Gasteiger partial charge in [-0.05, 0) is 60.9 Å². The lowest BCUT2D eigenvalue weighted by Crippen LogP contribution is -2.35. The van der Waals surface area contributed by atoms with Gasteiger partial charge in [0.05, 0.1) is 0 Å². The third kappa shape index (κ3) is 5.41. The number of ether oxygens (including phenoxy) is 4. The molecule has 1 heterocycles. The molecule has 0 aromatic heterocycles. The summed E-state index contributed by atoms with van der Waals surface area (Å²) in [6, 6.07) is 21.5. The molecule has 0 bridgehead atoms. The minimum Gasteiger partial charge on any atom is -0.454 e. The van der Waals surface area contributed by atoms with Gasteiger partial charge in [-0.1, -0.05) is 42.5 Å². The van der Waals surface area contributed by atoms with Crippen LogP contribution in [0.3, 0.4) is 0 Å². The molecule has 5 nitrogen and oxygen atoms in total. The predicted octanol–water partition coefficient (Wildman–Crippen LogP) is 5.62. The van der Waals surface area contributed by atoms with Crippen molar-refractivity contribution in [3.05, 3.63) is 71.8 Å². The Kier molecular flexibility index (Phi) is 7.63. The van der Waals surface area contributed by atoms with E-state index in [0.717, 1.165) is 24.5 Å². The van der Waals surface area contributed by atoms with Crippen molar-refractivity contribution in [1.29, 1.82) is 0 Å². The largest absolute Gasteiger partial charge is 0.454 e. The molecule has 0 aliphatic carbocycles. The van der Waals surface area contributed by atoms with E-state index in [9.17, 15) is 0 Å². The van der Waals surface area contributed by atoms with Crippen molar-refractivity contribution in [3.63, 3.8) is 0 Å². The van der Waals surface area contributed by atoms with Crippen LogP contribution in [0, 0.1) is 0 Å². The number of nitrogens with one attached hydrogen (secondary N) is 1. The molecule has 0 saturated heterocycles. The van der Waals surface area contributed by atoms with Crippen LogP contribution in [0.4, 0.5) is 0 Å². The molecule has 170 valence electrons. The van der Waals surface area contributed by atoms with Crippen LogP contribution < -0.4 is 14.8 Å². The second-order valence-electron chi connectivity index (χ2n) is 8.15. The van der Waals surface area contributed by atoms with Gasteiger partial charge in [0.2, 0.25) is 6.79 Å². The highest BCUT2D eigenvalue weighted by Crippen LogP contribution is 2.37. The fraction of sp³-hybridized carbons (Fsp3) is 0.407. The van der Waals surface area contributed by atoms with Gasteiger partial charge in [0, 0.05) is 38.1 Å². The normalized spacial score (nSPS) is 14.8. The Morgan fingerprint density at radius 2 is 1.62 bits per heavy atom. The minimum absolute atomic E-state index is 0.188. The van der Waals surface area contributed by atoms with Crippen LogP contribution in [0.1, 0.15) is 44.2 Å². The monoisotopic (exact) mass is 435 g/mol. The summed E-state index contributed by atoms with van der Waals surface area (Å²) < 4.78 is 22.9. The molecule has 3 aromatic carbocycles. The van der Waals surface area contributed by atoms with Crippen LogP contribution in [0.2, 0.25) is 0 Å². The number of fused-ring (bicyclic) bond motifs is 2. The first-order chi connectivity index (χ1) is 15.7. The Morgan fingerprint density at radius 1 is 0.875 bits per heavy atom. The van der Waals surface area contributed by atoms with Crippen LogP contribution in [0.25, 0.3) is 10.8 Å². The maximum absolute atomic E-state index is 5.88. The Balaban J connectivity index is 1.52. The van der Waals surface area contributed by atoms with Gasteiger partial charge < -0.3 is 24.3 Å².